The molecule has 0 aliphatic carbocycles. The first-order chi connectivity index (χ1) is 11.7. The highest BCUT2D eigenvalue weighted by atomic mass is 16.2. The second-order valence-corrected chi connectivity index (χ2v) is 5.31. The Bertz CT molecular complexity index is 838. The lowest BCUT2D eigenvalue weighted by molar-refractivity contribution is 0.0955. The minimum absolute atomic E-state index is 0.271. The topological polar surface area (TPSA) is 67.5 Å². The summed E-state index contributed by atoms with van der Waals surface area (Å²) in [7, 11) is 0. The lowest BCUT2D eigenvalue weighted by Crippen LogP contribution is -2.17. The standard InChI is InChI=1S/C20H17N3O/c21-19-12-10-18(11-13-19)20(24)23-22-14-15-6-8-17(9-7-15)16-4-2-1-3-5-16/h1-14H,21H2,(H,23,24)/b22-14-. The molecule has 24 heavy (non-hydrogen) atoms. The van der Waals surface area contributed by atoms with Gasteiger partial charge in [0.2, 0.25) is 0 Å². The van der Waals surface area contributed by atoms with Crippen molar-refractivity contribution in [2.75, 3.05) is 5.73 Å². The monoisotopic (exact) mass is 315 g/mol. The zero-order chi connectivity index (χ0) is 16.8. The SMILES string of the molecule is Nc1ccc(C(=O)N/N=C\c2ccc(-c3ccccc3)cc2)cc1. The predicted molar refractivity (Wildman–Crippen MR) is 97.8 cm³/mol. The minimum atomic E-state index is -0.271. The van der Waals surface area contributed by atoms with Gasteiger partial charge in [-0.3, -0.25) is 4.79 Å². The zero-order valence-corrected chi connectivity index (χ0v) is 13.0. The van der Waals surface area contributed by atoms with Crippen molar-refractivity contribution in [2.45, 2.75) is 0 Å². The van der Waals surface area contributed by atoms with Gasteiger partial charge in [0.25, 0.3) is 5.91 Å². The molecule has 4 heteroatoms. The maximum absolute atomic E-state index is 11.9. The van der Waals surface area contributed by atoms with E-state index in [1.165, 1.54) is 0 Å². The van der Waals surface area contributed by atoms with Crippen LogP contribution >= 0.6 is 0 Å². The van der Waals surface area contributed by atoms with E-state index >= 15 is 0 Å². The van der Waals surface area contributed by atoms with Gasteiger partial charge in [-0.2, -0.15) is 5.10 Å². The van der Waals surface area contributed by atoms with Gasteiger partial charge < -0.3 is 5.73 Å². The van der Waals surface area contributed by atoms with Gasteiger partial charge >= 0.3 is 0 Å². The van der Waals surface area contributed by atoms with E-state index < -0.39 is 0 Å². The van der Waals surface area contributed by atoms with Crippen LogP contribution in [0.25, 0.3) is 11.1 Å². The van der Waals surface area contributed by atoms with Crippen LogP contribution in [-0.2, 0) is 0 Å². The molecule has 3 aromatic carbocycles. The number of carbonyl (C=O) groups excluding carboxylic acids is 1. The summed E-state index contributed by atoms with van der Waals surface area (Å²) in [6.07, 6.45) is 1.62. The average Bonchev–Trinajstić information content (AvgIpc) is 2.63. The first-order valence-corrected chi connectivity index (χ1v) is 7.57. The third-order valence-corrected chi connectivity index (χ3v) is 3.57. The smallest absolute Gasteiger partial charge is 0.271 e. The number of nitrogen functional groups attached to an aromatic ring is 1. The van der Waals surface area contributed by atoms with E-state index in [-0.39, 0.29) is 5.91 Å². The van der Waals surface area contributed by atoms with E-state index in [4.69, 9.17) is 5.73 Å². The molecule has 0 aliphatic rings. The molecule has 3 N–H and O–H groups in total. The summed E-state index contributed by atoms with van der Waals surface area (Å²) in [4.78, 5) is 11.9. The van der Waals surface area contributed by atoms with Gasteiger partial charge in [0.1, 0.15) is 0 Å². The Labute approximate surface area is 140 Å². The largest absolute Gasteiger partial charge is 0.399 e. The molecular weight excluding hydrogens is 298 g/mol. The molecule has 0 heterocycles. The predicted octanol–water partition coefficient (Wildman–Crippen LogP) is 3.70. The van der Waals surface area contributed by atoms with Crippen molar-refractivity contribution >= 4 is 17.8 Å². The zero-order valence-electron chi connectivity index (χ0n) is 13.0. The van der Waals surface area contributed by atoms with Gasteiger partial charge in [-0.05, 0) is 41.0 Å². The molecule has 0 spiro atoms. The highest BCUT2D eigenvalue weighted by molar-refractivity contribution is 5.95. The fraction of sp³-hybridized carbons (Fsp3) is 0. The number of nitrogens with one attached hydrogen (secondary N) is 1. The maximum Gasteiger partial charge on any atom is 0.271 e. The number of hydrazone groups is 1. The Hall–Kier alpha value is -3.40. The van der Waals surface area contributed by atoms with Gasteiger partial charge in [-0.1, -0.05) is 54.6 Å². The summed E-state index contributed by atoms with van der Waals surface area (Å²) in [5.41, 5.74) is 12.4. The van der Waals surface area contributed by atoms with E-state index in [2.05, 4.69) is 22.7 Å². The third-order valence-electron chi connectivity index (χ3n) is 3.57. The van der Waals surface area contributed by atoms with Crippen LogP contribution in [0.3, 0.4) is 0 Å². The first-order valence-electron chi connectivity index (χ1n) is 7.57. The van der Waals surface area contributed by atoms with Crippen LogP contribution in [-0.4, -0.2) is 12.1 Å². The number of nitrogens with zero attached hydrogens (tertiary/aromatic N) is 1. The van der Waals surface area contributed by atoms with E-state index in [1.807, 2.05) is 42.5 Å². The molecular formula is C20H17N3O. The molecule has 3 aromatic rings. The van der Waals surface area contributed by atoms with Crippen LogP contribution in [0.1, 0.15) is 15.9 Å². The molecule has 0 atom stereocenters. The summed E-state index contributed by atoms with van der Waals surface area (Å²) in [5, 5.41) is 3.99. The quantitative estimate of drug-likeness (QED) is 0.438. The summed E-state index contributed by atoms with van der Waals surface area (Å²) in [6, 6.07) is 24.8. The van der Waals surface area contributed by atoms with Crippen molar-refractivity contribution in [2.24, 2.45) is 5.10 Å². The Morgan fingerprint density at radius 1 is 0.833 bits per heavy atom. The molecule has 0 saturated carbocycles. The fourth-order valence-corrected chi connectivity index (χ4v) is 2.26. The van der Waals surface area contributed by atoms with Crippen molar-refractivity contribution in [3.8, 4) is 11.1 Å². The number of anilines is 1. The van der Waals surface area contributed by atoms with Gasteiger partial charge in [0, 0.05) is 11.3 Å². The number of benzene rings is 3. The first kappa shape index (κ1) is 15.5. The van der Waals surface area contributed by atoms with Crippen LogP contribution in [0.4, 0.5) is 5.69 Å². The Balaban J connectivity index is 1.62. The molecule has 0 unspecified atom stereocenters. The van der Waals surface area contributed by atoms with Crippen molar-refractivity contribution in [1.29, 1.82) is 0 Å². The average molecular weight is 315 g/mol. The Morgan fingerprint density at radius 3 is 2.12 bits per heavy atom. The van der Waals surface area contributed by atoms with Crippen molar-refractivity contribution in [3.63, 3.8) is 0 Å². The van der Waals surface area contributed by atoms with Gasteiger partial charge in [0.15, 0.2) is 0 Å². The number of amides is 1. The number of hydrogen-bond acceptors (Lipinski definition) is 3. The molecule has 0 fully saturated rings. The van der Waals surface area contributed by atoms with Crippen LogP contribution in [0.5, 0.6) is 0 Å². The number of hydrogen-bond donors (Lipinski definition) is 2. The third kappa shape index (κ3) is 3.87. The number of carbonyl (C=O) groups is 1. The lowest BCUT2D eigenvalue weighted by atomic mass is 10.0. The van der Waals surface area contributed by atoms with Crippen molar-refractivity contribution in [1.82, 2.24) is 5.43 Å². The molecule has 0 aliphatic heterocycles. The van der Waals surface area contributed by atoms with Crippen molar-refractivity contribution in [3.05, 3.63) is 90.0 Å². The maximum atomic E-state index is 11.9. The molecule has 1 amide bonds. The van der Waals surface area contributed by atoms with Gasteiger partial charge in [0.05, 0.1) is 6.21 Å². The molecule has 118 valence electrons. The van der Waals surface area contributed by atoms with E-state index in [0.717, 1.165) is 16.7 Å². The molecule has 0 bridgehead atoms. The highest BCUT2D eigenvalue weighted by Gasteiger charge is 2.02. The minimum Gasteiger partial charge on any atom is -0.399 e. The number of nitrogens with two attached hydrogens (primary N) is 1. The van der Waals surface area contributed by atoms with E-state index in [0.29, 0.717) is 11.3 Å². The summed E-state index contributed by atoms with van der Waals surface area (Å²) < 4.78 is 0. The number of rotatable bonds is 4. The molecule has 0 aromatic heterocycles. The second kappa shape index (κ2) is 7.24. The lowest BCUT2D eigenvalue weighted by Gasteiger charge is -2.02. The summed E-state index contributed by atoms with van der Waals surface area (Å²) in [5.74, 6) is -0.271. The van der Waals surface area contributed by atoms with Crippen molar-refractivity contribution < 1.29 is 4.79 Å². The Morgan fingerprint density at radius 2 is 1.46 bits per heavy atom. The van der Waals surface area contributed by atoms with E-state index in [9.17, 15) is 4.79 Å². The van der Waals surface area contributed by atoms with Crippen LogP contribution in [0, 0.1) is 0 Å². The van der Waals surface area contributed by atoms with Crippen LogP contribution in [0.15, 0.2) is 84.0 Å². The summed E-state index contributed by atoms with van der Waals surface area (Å²) in [6.45, 7) is 0. The molecule has 0 radical (unpaired) electrons. The molecule has 4 nitrogen and oxygen atoms in total. The highest BCUT2D eigenvalue weighted by Crippen LogP contribution is 2.18. The van der Waals surface area contributed by atoms with Gasteiger partial charge in [-0.25, -0.2) is 5.43 Å². The second-order valence-electron chi connectivity index (χ2n) is 5.31. The normalized spacial score (nSPS) is 10.7. The van der Waals surface area contributed by atoms with Crippen LogP contribution < -0.4 is 11.2 Å². The van der Waals surface area contributed by atoms with Gasteiger partial charge in [-0.15, -0.1) is 0 Å². The summed E-state index contributed by atoms with van der Waals surface area (Å²) >= 11 is 0. The van der Waals surface area contributed by atoms with Crippen LogP contribution in [0.2, 0.25) is 0 Å². The Kier molecular flexibility index (Phi) is 4.68. The van der Waals surface area contributed by atoms with E-state index in [1.54, 1.807) is 30.5 Å². The fourth-order valence-electron chi connectivity index (χ4n) is 2.26. The molecule has 0 saturated heterocycles. The molecule has 3 rings (SSSR count).